The molecule has 1 aromatic heterocycles. The summed E-state index contributed by atoms with van der Waals surface area (Å²) >= 11 is 0. The van der Waals surface area contributed by atoms with E-state index in [2.05, 4.69) is 11.1 Å². The molecule has 2 rings (SSSR count). The molecular weight excluding hydrogens is 214 g/mol. The molecule has 2 heterocycles. The summed E-state index contributed by atoms with van der Waals surface area (Å²) in [6.45, 7) is 3.21. The van der Waals surface area contributed by atoms with Gasteiger partial charge in [-0.1, -0.05) is 13.0 Å². The third-order valence-electron chi connectivity index (χ3n) is 3.13. The highest BCUT2D eigenvalue weighted by molar-refractivity contribution is 5.93. The van der Waals surface area contributed by atoms with E-state index < -0.39 is 0 Å². The first-order valence-corrected chi connectivity index (χ1v) is 5.89. The molecule has 1 amide bonds. The number of rotatable bonds is 2. The number of carbonyl (C=O) groups excluding carboxylic acids is 1. The molecule has 0 spiro atoms. The van der Waals surface area contributed by atoms with Crippen molar-refractivity contribution in [3.63, 3.8) is 0 Å². The Bertz CT molecular complexity index is 464. The van der Waals surface area contributed by atoms with E-state index in [0.29, 0.717) is 18.8 Å². The second kappa shape index (κ2) is 4.96. The molecule has 1 aliphatic rings. The number of amides is 1. The lowest BCUT2D eigenvalue weighted by atomic mass is 10.1. The first-order chi connectivity index (χ1) is 8.26. The summed E-state index contributed by atoms with van der Waals surface area (Å²) in [6, 6.07) is 5.99. The van der Waals surface area contributed by atoms with Crippen LogP contribution in [-0.4, -0.2) is 28.9 Å². The highest BCUT2D eigenvalue weighted by atomic mass is 16.2. The number of nitrogens with zero attached hydrogens (tertiary/aromatic N) is 3. The van der Waals surface area contributed by atoms with E-state index in [1.807, 2.05) is 19.1 Å². The first-order valence-electron chi connectivity index (χ1n) is 5.89. The van der Waals surface area contributed by atoms with Crippen LogP contribution in [0.1, 0.15) is 29.4 Å². The first kappa shape index (κ1) is 11.6. The second-order valence-corrected chi connectivity index (χ2v) is 4.23. The fourth-order valence-electron chi connectivity index (χ4n) is 2.12. The zero-order valence-electron chi connectivity index (χ0n) is 9.89. The van der Waals surface area contributed by atoms with Crippen molar-refractivity contribution in [3.8, 4) is 6.07 Å². The largest absolute Gasteiger partial charge is 0.336 e. The molecule has 0 radical (unpaired) electrons. The number of nitriles is 1. The topological polar surface area (TPSA) is 57.0 Å². The minimum absolute atomic E-state index is 0.0206. The van der Waals surface area contributed by atoms with Gasteiger partial charge in [0, 0.05) is 19.3 Å². The van der Waals surface area contributed by atoms with Crippen molar-refractivity contribution < 1.29 is 4.79 Å². The fraction of sp³-hybridized carbons (Fsp3) is 0.462. The van der Waals surface area contributed by atoms with Crippen molar-refractivity contribution in [3.05, 3.63) is 29.6 Å². The Labute approximate surface area is 101 Å². The summed E-state index contributed by atoms with van der Waals surface area (Å²) in [5.41, 5.74) is 1.51. The Balaban J connectivity index is 2.18. The third-order valence-corrected chi connectivity index (χ3v) is 3.13. The average molecular weight is 229 g/mol. The summed E-state index contributed by atoms with van der Waals surface area (Å²) in [6.07, 6.45) is 3.21. The van der Waals surface area contributed by atoms with E-state index in [0.717, 1.165) is 18.4 Å². The van der Waals surface area contributed by atoms with Crippen molar-refractivity contribution >= 4 is 5.91 Å². The van der Waals surface area contributed by atoms with E-state index >= 15 is 0 Å². The monoisotopic (exact) mass is 229 g/mol. The quantitative estimate of drug-likeness (QED) is 0.774. The average Bonchev–Trinajstić information content (AvgIpc) is 2.86. The maximum absolute atomic E-state index is 12.2. The normalized spacial score (nSPS) is 19.1. The van der Waals surface area contributed by atoms with E-state index in [-0.39, 0.29) is 11.8 Å². The Morgan fingerprint density at radius 1 is 1.71 bits per heavy atom. The van der Waals surface area contributed by atoms with Crippen molar-refractivity contribution in [2.24, 2.45) is 5.92 Å². The third kappa shape index (κ3) is 2.28. The number of likely N-dealkylation sites (tertiary alicyclic amines) is 1. The molecule has 1 unspecified atom stereocenters. The van der Waals surface area contributed by atoms with E-state index in [1.54, 1.807) is 11.1 Å². The van der Waals surface area contributed by atoms with Crippen molar-refractivity contribution in [2.75, 3.05) is 13.1 Å². The lowest BCUT2D eigenvalue weighted by Gasteiger charge is -2.16. The van der Waals surface area contributed by atoms with Crippen LogP contribution in [0.2, 0.25) is 0 Å². The Kier molecular flexibility index (Phi) is 3.38. The molecule has 1 aliphatic heterocycles. The van der Waals surface area contributed by atoms with Gasteiger partial charge < -0.3 is 4.90 Å². The summed E-state index contributed by atoms with van der Waals surface area (Å²) in [7, 11) is 0. The van der Waals surface area contributed by atoms with Crippen molar-refractivity contribution in [1.29, 1.82) is 5.26 Å². The number of hydrogen-bond acceptors (Lipinski definition) is 3. The van der Waals surface area contributed by atoms with Crippen LogP contribution in [0.5, 0.6) is 0 Å². The molecule has 0 bridgehead atoms. The van der Waals surface area contributed by atoms with Gasteiger partial charge >= 0.3 is 0 Å². The molecule has 88 valence electrons. The van der Waals surface area contributed by atoms with Gasteiger partial charge in [-0.2, -0.15) is 5.26 Å². The smallest absolute Gasteiger partial charge is 0.272 e. The van der Waals surface area contributed by atoms with Gasteiger partial charge in [0.25, 0.3) is 5.91 Å². The van der Waals surface area contributed by atoms with Crippen LogP contribution < -0.4 is 0 Å². The highest BCUT2D eigenvalue weighted by Gasteiger charge is 2.28. The fourth-order valence-corrected chi connectivity index (χ4v) is 2.12. The standard InChI is InChI=1S/C13H15N3O/c1-2-11-4-3-6-15-12(11)13(17)16-7-5-10(8-14)9-16/h3-4,6,10H,2,5,7,9H2,1H3. The summed E-state index contributed by atoms with van der Waals surface area (Å²) in [5.74, 6) is -0.0621. The molecule has 0 saturated carbocycles. The maximum atomic E-state index is 12.2. The zero-order chi connectivity index (χ0) is 12.3. The lowest BCUT2D eigenvalue weighted by molar-refractivity contribution is 0.0783. The van der Waals surface area contributed by atoms with Gasteiger partial charge in [0.15, 0.2) is 0 Å². The van der Waals surface area contributed by atoms with Crippen LogP contribution in [0.25, 0.3) is 0 Å². The molecule has 17 heavy (non-hydrogen) atoms. The molecule has 1 saturated heterocycles. The number of carbonyl (C=O) groups is 1. The summed E-state index contributed by atoms with van der Waals surface area (Å²) in [4.78, 5) is 18.1. The molecule has 0 aliphatic carbocycles. The predicted molar refractivity (Wildman–Crippen MR) is 63.2 cm³/mol. The SMILES string of the molecule is CCc1cccnc1C(=O)N1CCC(C#N)C1. The molecular formula is C13H15N3O. The minimum atomic E-state index is -0.0415. The van der Waals surface area contributed by atoms with E-state index in [1.165, 1.54) is 0 Å². The van der Waals surface area contributed by atoms with Gasteiger partial charge in [-0.05, 0) is 24.5 Å². The van der Waals surface area contributed by atoms with Crippen LogP contribution in [0, 0.1) is 17.2 Å². The Morgan fingerprint density at radius 2 is 2.53 bits per heavy atom. The predicted octanol–water partition coefficient (Wildman–Crippen LogP) is 1.63. The van der Waals surface area contributed by atoms with Gasteiger partial charge in [0.05, 0.1) is 12.0 Å². The maximum Gasteiger partial charge on any atom is 0.272 e. The molecule has 1 aromatic rings. The second-order valence-electron chi connectivity index (χ2n) is 4.23. The van der Waals surface area contributed by atoms with Gasteiger partial charge in [0.1, 0.15) is 5.69 Å². The van der Waals surface area contributed by atoms with Gasteiger partial charge in [-0.25, -0.2) is 0 Å². The van der Waals surface area contributed by atoms with Crippen LogP contribution in [-0.2, 0) is 6.42 Å². The van der Waals surface area contributed by atoms with Crippen LogP contribution in [0.4, 0.5) is 0 Å². The van der Waals surface area contributed by atoms with Crippen LogP contribution in [0.15, 0.2) is 18.3 Å². The highest BCUT2D eigenvalue weighted by Crippen LogP contribution is 2.18. The number of hydrogen-bond donors (Lipinski definition) is 0. The summed E-state index contributed by atoms with van der Waals surface area (Å²) < 4.78 is 0. The Hall–Kier alpha value is -1.89. The molecule has 0 N–H and O–H groups in total. The minimum Gasteiger partial charge on any atom is -0.336 e. The molecule has 4 nitrogen and oxygen atoms in total. The Morgan fingerprint density at radius 3 is 3.18 bits per heavy atom. The van der Waals surface area contributed by atoms with Crippen LogP contribution >= 0.6 is 0 Å². The van der Waals surface area contributed by atoms with Gasteiger partial charge in [0.2, 0.25) is 0 Å². The number of aryl methyl sites for hydroxylation is 1. The van der Waals surface area contributed by atoms with Crippen molar-refractivity contribution in [1.82, 2.24) is 9.88 Å². The van der Waals surface area contributed by atoms with Crippen LogP contribution in [0.3, 0.4) is 0 Å². The number of aromatic nitrogens is 1. The summed E-state index contributed by atoms with van der Waals surface area (Å²) in [5, 5.41) is 8.83. The molecule has 0 aromatic carbocycles. The molecule has 1 atom stereocenters. The van der Waals surface area contributed by atoms with Crippen molar-refractivity contribution in [2.45, 2.75) is 19.8 Å². The van der Waals surface area contributed by atoms with Gasteiger partial charge in [-0.3, -0.25) is 9.78 Å². The molecule has 1 fully saturated rings. The van der Waals surface area contributed by atoms with E-state index in [9.17, 15) is 4.79 Å². The van der Waals surface area contributed by atoms with Gasteiger partial charge in [-0.15, -0.1) is 0 Å². The van der Waals surface area contributed by atoms with E-state index in [4.69, 9.17) is 5.26 Å². The lowest BCUT2D eigenvalue weighted by Crippen LogP contribution is -2.30. The molecule has 4 heteroatoms. The number of pyridine rings is 1. The zero-order valence-corrected chi connectivity index (χ0v) is 9.89.